The van der Waals surface area contributed by atoms with E-state index in [0.29, 0.717) is 21.9 Å². The number of aryl methyl sites for hydroxylation is 1. The van der Waals surface area contributed by atoms with Gasteiger partial charge in [0, 0.05) is 27.8 Å². The molecule has 1 aliphatic heterocycles. The van der Waals surface area contributed by atoms with Crippen molar-refractivity contribution in [2.24, 2.45) is 5.73 Å². The molecule has 0 aliphatic carbocycles. The molecule has 0 spiro atoms. The lowest BCUT2D eigenvalue weighted by Crippen LogP contribution is -2.49. The van der Waals surface area contributed by atoms with Crippen molar-refractivity contribution in [2.75, 3.05) is 19.8 Å². The van der Waals surface area contributed by atoms with Crippen LogP contribution in [-0.2, 0) is 16.1 Å². The minimum Gasteiger partial charge on any atom is -0.457 e. The number of ether oxygens (including phenoxy) is 1. The molecule has 12 heteroatoms. The van der Waals surface area contributed by atoms with Crippen LogP contribution in [0.5, 0.6) is 11.5 Å². The van der Waals surface area contributed by atoms with E-state index < -0.39 is 55.6 Å². The summed E-state index contributed by atoms with van der Waals surface area (Å²) < 4.78 is 34.1. The van der Waals surface area contributed by atoms with Crippen LogP contribution < -0.4 is 21.1 Å². The zero-order chi connectivity index (χ0) is 28.9. The number of halogens is 2. The number of nitrogens with two attached hydrogens (primary N) is 1. The van der Waals surface area contributed by atoms with Crippen LogP contribution in [0.4, 0.5) is 8.78 Å². The summed E-state index contributed by atoms with van der Waals surface area (Å²) in [5.41, 5.74) is 4.96. The summed E-state index contributed by atoms with van der Waals surface area (Å²) in [5, 5.41) is 14.2. The normalized spacial score (nSPS) is 18.3. The van der Waals surface area contributed by atoms with Crippen LogP contribution in [0.2, 0.25) is 0 Å². The number of carbonyl (C=O) groups is 3. The number of amidine groups is 1. The van der Waals surface area contributed by atoms with E-state index in [1.807, 2.05) is 31.2 Å². The Bertz CT molecular complexity index is 1400. The second-order valence-corrected chi connectivity index (χ2v) is 10.6. The Hall–Kier alpha value is -4.32. The Labute approximate surface area is 233 Å². The first-order chi connectivity index (χ1) is 19.1. The molecule has 4 rings (SSSR count). The van der Waals surface area contributed by atoms with Gasteiger partial charge in [-0.3, -0.25) is 19.8 Å². The van der Waals surface area contributed by atoms with Gasteiger partial charge >= 0.3 is 0 Å². The molecule has 3 aromatic rings. The molecule has 1 aromatic heterocycles. The Morgan fingerprint density at radius 1 is 1.10 bits per heavy atom. The van der Waals surface area contributed by atoms with Crippen LogP contribution in [0, 0.1) is 12.3 Å². The number of benzene rings is 2. The Morgan fingerprint density at radius 2 is 1.75 bits per heavy atom. The first-order valence-corrected chi connectivity index (χ1v) is 13.3. The molecule has 2 heterocycles. The highest BCUT2D eigenvalue weighted by atomic mass is 32.1. The zero-order valence-corrected chi connectivity index (χ0v) is 22.5. The number of nitrogens with zero attached hydrogens (tertiary/aromatic N) is 1. The molecule has 2 aromatic carbocycles. The van der Waals surface area contributed by atoms with Crippen LogP contribution in [0.25, 0.3) is 0 Å². The molecular weight excluding hydrogens is 540 g/mol. The maximum absolute atomic E-state index is 14.9. The van der Waals surface area contributed by atoms with Crippen LogP contribution in [0.15, 0.2) is 60.0 Å². The minimum atomic E-state index is -2.36. The molecule has 0 saturated carbocycles. The van der Waals surface area contributed by atoms with Gasteiger partial charge in [-0.05, 0) is 49.4 Å². The lowest BCUT2D eigenvalue weighted by atomic mass is 10.0. The van der Waals surface area contributed by atoms with Crippen molar-refractivity contribution < 1.29 is 27.9 Å². The number of alkyl halides is 2. The minimum absolute atomic E-state index is 0.0740. The average Bonchev–Trinajstić information content (AvgIpc) is 3.57. The number of thiophene rings is 1. The average molecular weight is 570 g/mol. The Morgan fingerprint density at radius 3 is 2.35 bits per heavy atom. The SMILES string of the molecule is Cc1ccc(Oc2ccc(C(=O)NCC(=O)N3C[C@@](F)(CF)C[C@H]3C(=O)NCc3cc(C(=N)N)cs3)cc2)cc1. The number of likely N-dealkylation sites (tertiary alicyclic amines) is 1. The molecule has 9 nitrogen and oxygen atoms in total. The number of rotatable bonds is 10. The monoisotopic (exact) mass is 569 g/mol. The highest BCUT2D eigenvalue weighted by Crippen LogP contribution is 2.32. The van der Waals surface area contributed by atoms with Gasteiger partial charge in [0.2, 0.25) is 11.8 Å². The first kappa shape index (κ1) is 28.7. The van der Waals surface area contributed by atoms with Gasteiger partial charge in [-0.2, -0.15) is 0 Å². The standard InChI is InChI=1S/C28H29F2N5O4S/c1-17-2-6-20(7-3-17)39-21-8-4-18(5-9-21)26(37)34-13-24(36)35-16-28(30,15-29)11-23(35)27(38)33-12-22-10-19(14-40-22)25(31)32/h2-10,14,23H,11-13,15-16H2,1H3,(H3,31,32)(H,33,38)(H,34,37)/t23-,28-/m0/s1. The molecule has 0 bridgehead atoms. The second-order valence-electron chi connectivity index (χ2n) is 9.58. The fraction of sp³-hybridized carbons (Fsp3) is 0.286. The summed E-state index contributed by atoms with van der Waals surface area (Å²) in [6.45, 7) is -0.412. The molecular formula is C28H29F2N5O4S. The van der Waals surface area contributed by atoms with Crippen LogP contribution in [-0.4, -0.2) is 59.9 Å². The summed E-state index contributed by atoms with van der Waals surface area (Å²) in [7, 11) is 0. The quantitative estimate of drug-likeness (QED) is 0.219. The third kappa shape index (κ3) is 7.00. The smallest absolute Gasteiger partial charge is 0.251 e. The van der Waals surface area contributed by atoms with E-state index in [9.17, 15) is 23.2 Å². The summed E-state index contributed by atoms with van der Waals surface area (Å²) in [6.07, 6.45) is -0.499. The van der Waals surface area contributed by atoms with Crippen molar-refractivity contribution in [3.05, 3.63) is 81.5 Å². The third-order valence-electron chi connectivity index (χ3n) is 6.43. The van der Waals surface area contributed by atoms with Crippen molar-refractivity contribution in [3.8, 4) is 11.5 Å². The number of carbonyl (C=O) groups excluding carboxylic acids is 3. The van der Waals surface area contributed by atoms with E-state index in [2.05, 4.69) is 10.6 Å². The van der Waals surface area contributed by atoms with Gasteiger partial charge in [-0.25, -0.2) is 8.78 Å². The van der Waals surface area contributed by atoms with Gasteiger partial charge in [0.05, 0.1) is 19.6 Å². The van der Waals surface area contributed by atoms with Gasteiger partial charge < -0.3 is 26.0 Å². The van der Waals surface area contributed by atoms with E-state index in [1.165, 1.54) is 23.5 Å². The van der Waals surface area contributed by atoms with E-state index in [-0.39, 0.29) is 17.9 Å². The van der Waals surface area contributed by atoms with Gasteiger partial charge in [0.1, 0.15) is 30.1 Å². The Kier molecular flexibility index (Phi) is 8.78. The molecule has 1 fully saturated rings. The number of nitrogens with one attached hydrogen (secondary N) is 3. The topological polar surface area (TPSA) is 138 Å². The van der Waals surface area contributed by atoms with Crippen molar-refractivity contribution in [1.29, 1.82) is 5.41 Å². The molecule has 0 unspecified atom stereocenters. The van der Waals surface area contributed by atoms with Crippen LogP contribution in [0.3, 0.4) is 0 Å². The van der Waals surface area contributed by atoms with Crippen molar-refractivity contribution in [2.45, 2.75) is 31.6 Å². The molecule has 3 amide bonds. The molecule has 1 saturated heterocycles. The van der Waals surface area contributed by atoms with Gasteiger partial charge in [0.25, 0.3) is 5.91 Å². The largest absolute Gasteiger partial charge is 0.457 e. The summed E-state index contributed by atoms with van der Waals surface area (Å²) in [4.78, 5) is 40.1. The first-order valence-electron chi connectivity index (χ1n) is 12.4. The van der Waals surface area contributed by atoms with Crippen molar-refractivity contribution in [3.63, 3.8) is 0 Å². The van der Waals surface area contributed by atoms with E-state index in [4.69, 9.17) is 15.9 Å². The van der Waals surface area contributed by atoms with E-state index in [1.54, 1.807) is 23.6 Å². The van der Waals surface area contributed by atoms with E-state index in [0.717, 1.165) is 10.5 Å². The van der Waals surface area contributed by atoms with Gasteiger partial charge in [0.15, 0.2) is 5.67 Å². The number of amides is 3. The maximum Gasteiger partial charge on any atom is 0.251 e. The molecule has 210 valence electrons. The van der Waals surface area contributed by atoms with Crippen molar-refractivity contribution >= 4 is 34.9 Å². The predicted molar refractivity (Wildman–Crippen MR) is 147 cm³/mol. The van der Waals surface area contributed by atoms with E-state index >= 15 is 0 Å². The molecule has 5 N–H and O–H groups in total. The molecule has 1 aliphatic rings. The van der Waals surface area contributed by atoms with Crippen LogP contribution in [0.1, 0.15) is 32.8 Å². The predicted octanol–water partition coefficient (Wildman–Crippen LogP) is 3.46. The Balaban J connectivity index is 1.33. The zero-order valence-electron chi connectivity index (χ0n) is 21.7. The van der Waals surface area contributed by atoms with Gasteiger partial charge in [-0.1, -0.05) is 17.7 Å². The fourth-order valence-corrected chi connectivity index (χ4v) is 5.04. The highest BCUT2D eigenvalue weighted by molar-refractivity contribution is 7.10. The molecule has 2 atom stereocenters. The lowest BCUT2D eigenvalue weighted by molar-refractivity contribution is -0.137. The highest BCUT2D eigenvalue weighted by Gasteiger charge is 2.49. The summed E-state index contributed by atoms with van der Waals surface area (Å²) >= 11 is 1.28. The lowest BCUT2D eigenvalue weighted by Gasteiger charge is -2.24. The maximum atomic E-state index is 14.9. The fourth-order valence-electron chi connectivity index (χ4n) is 4.21. The number of hydrogen-bond donors (Lipinski definition) is 4. The third-order valence-corrected chi connectivity index (χ3v) is 7.36. The number of nitrogen functional groups attached to an aromatic ring is 1. The second kappa shape index (κ2) is 12.2. The van der Waals surface area contributed by atoms with Crippen molar-refractivity contribution in [1.82, 2.24) is 15.5 Å². The van der Waals surface area contributed by atoms with Crippen LogP contribution >= 0.6 is 11.3 Å². The summed E-state index contributed by atoms with van der Waals surface area (Å²) in [5.74, 6) is -0.851. The van der Waals surface area contributed by atoms with Gasteiger partial charge in [-0.15, -0.1) is 11.3 Å². The molecule has 40 heavy (non-hydrogen) atoms. The summed E-state index contributed by atoms with van der Waals surface area (Å²) in [6, 6.07) is 14.2. The number of hydrogen-bond acceptors (Lipinski definition) is 6. The molecule has 0 radical (unpaired) electrons.